The molecule has 0 aromatic rings. The molecule has 0 aliphatic carbocycles. The van der Waals surface area contributed by atoms with Gasteiger partial charge in [-0.2, -0.15) is 0 Å². The maximum Gasteiger partial charge on any atom is 0.408 e. The maximum absolute atomic E-state index is 11.7. The van der Waals surface area contributed by atoms with Crippen molar-refractivity contribution in [2.75, 3.05) is 19.8 Å². The van der Waals surface area contributed by atoms with Crippen LogP contribution in [0.3, 0.4) is 0 Å². The van der Waals surface area contributed by atoms with Gasteiger partial charge < -0.3 is 19.5 Å². The molecule has 0 aromatic carbocycles. The number of carbonyl (C=O) groups is 2. The van der Waals surface area contributed by atoms with Crippen LogP contribution in [-0.2, 0) is 19.0 Å². The van der Waals surface area contributed by atoms with Crippen LogP contribution in [0, 0.1) is 0 Å². The predicted octanol–water partition coefficient (Wildman–Crippen LogP) is 1.23. The molecule has 18 heavy (non-hydrogen) atoms. The average molecular weight is 259 g/mol. The molecule has 6 nitrogen and oxygen atoms in total. The first-order valence-corrected chi connectivity index (χ1v) is 6.01. The lowest BCUT2D eigenvalue weighted by molar-refractivity contribution is -0.152. The third-order valence-corrected chi connectivity index (χ3v) is 2.31. The van der Waals surface area contributed by atoms with Crippen molar-refractivity contribution in [3.05, 3.63) is 0 Å². The standard InChI is InChI=1S/C12H21NO5/c1-5-17-9(14)6-12(7-16-8-12)13-10(15)18-11(2,3)4/h5-8H2,1-4H3,(H,13,15). The third-order valence-electron chi connectivity index (χ3n) is 2.31. The number of hydrogen-bond acceptors (Lipinski definition) is 5. The Bertz CT molecular complexity index is 317. The van der Waals surface area contributed by atoms with Crippen molar-refractivity contribution in [3.63, 3.8) is 0 Å². The molecule has 1 rings (SSSR count). The van der Waals surface area contributed by atoms with Gasteiger partial charge >= 0.3 is 12.1 Å². The first-order valence-electron chi connectivity index (χ1n) is 6.01. The quantitative estimate of drug-likeness (QED) is 0.769. The number of carbonyl (C=O) groups excluding carboxylic acids is 2. The topological polar surface area (TPSA) is 73.9 Å². The number of hydrogen-bond donors (Lipinski definition) is 1. The molecule has 0 saturated carbocycles. The van der Waals surface area contributed by atoms with E-state index in [1.165, 1.54) is 0 Å². The highest BCUT2D eigenvalue weighted by atomic mass is 16.6. The average Bonchev–Trinajstić information content (AvgIpc) is 2.11. The summed E-state index contributed by atoms with van der Waals surface area (Å²) in [5.41, 5.74) is -1.26. The van der Waals surface area contributed by atoms with Crippen molar-refractivity contribution >= 4 is 12.1 Å². The molecule has 0 aromatic heterocycles. The lowest BCUT2D eigenvalue weighted by Crippen LogP contribution is -2.63. The lowest BCUT2D eigenvalue weighted by Gasteiger charge is -2.41. The Balaban J connectivity index is 2.50. The van der Waals surface area contributed by atoms with Gasteiger partial charge in [-0.15, -0.1) is 0 Å². The van der Waals surface area contributed by atoms with Crippen LogP contribution in [-0.4, -0.2) is 43.0 Å². The zero-order valence-corrected chi connectivity index (χ0v) is 11.4. The zero-order valence-electron chi connectivity index (χ0n) is 11.4. The molecule has 1 fully saturated rings. The molecule has 1 N–H and O–H groups in total. The number of nitrogens with one attached hydrogen (secondary N) is 1. The van der Waals surface area contributed by atoms with Crippen molar-refractivity contribution in [1.29, 1.82) is 0 Å². The molecule has 1 aliphatic rings. The fraction of sp³-hybridized carbons (Fsp3) is 0.833. The molecule has 1 aliphatic heterocycles. The molecule has 104 valence electrons. The number of esters is 1. The van der Waals surface area contributed by atoms with E-state index in [-0.39, 0.29) is 12.4 Å². The van der Waals surface area contributed by atoms with Crippen LogP contribution in [0.1, 0.15) is 34.1 Å². The summed E-state index contributed by atoms with van der Waals surface area (Å²) in [6.45, 7) is 7.99. The summed E-state index contributed by atoms with van der Waals surface area (Å²) in [6.07, 6.45) is -0.449. The van der Waals surface area contributed by atoms with Crippen LogP contribution >= 0.6 is 0 Å². The first kappa shape index (κ1) is 14.8. The highest BCUT2D eigenvalue weighted by Crippen LogP contribution is 2.22. The summed E-state index contributed by atoms with van der Waals surface area (Å²) in [5.74, 6) is -0.350. The van der Waals surface area contributed by atoms with Crippen molar-refractivity contribution < 1.29 is 23.8 Å². The second-order valence-electron chi connectivity index (χ2n) is 5.38. The van der Waals surface area contributed by atoms with E-state index in [0.29, 0.717) is 19.8 Å². The Kier molecular flexibility index (Phi) is 4.56. The van der Waals surface area contributed by atoms with Gasteiger partial charge in [0.15, 0.2) is 0 Å². The lowest BCUT2D eigenvalue weighted by atomic mass is 9.93. The molecule has 0 unspecified atom stereocenters. The summed E-state index contributed by atoms with van der Waals surface area (Å²) in [7, 11) is 0. The minimum absolute atomic E-state index is 0.0973. The zero-order chi connectivity index (χ0) is 13.8. The summed E-state index contributed by atoms with van der Waals surface area (Å²) < 4.78 is 15.1. The van der Waals surface area contributed by atoms with Crippen LogP contribution in [0.25, 0.3) is 0 Å². The summed E-state index contributed by atoms with van der Waals surface area (Å²) >= 11 is 0. The van der Waals surface area contributed by atoms with Crippen molar-refractivity contribution in [2.24, 2.45) is 0 Å². The monoisotopic (exact) mass is 259 g/mol. The molecular weight excluding hydrogens is 238 g/mol. The van der Waals surface area contributed by atoms with Gasteiger partial charge in [-0.1, -0.05) is 0 Å². The van der Waals surface area contributed by atoms with Crippen molar-refractivity contribution in [3.8, 4) is 0 Å². The van der Waals surface area contributed by atoms with Gasteiger partial charge in [0.25, 0.3) is 0 Å². The number of ether oxygens (including phenoxy) is 3. The van der Waals surface area contributed by atoms with Crippen LogP contribution in [0.15, 0.2) is 0 Å². The Morgan fingerprint density at radius 1 is 1.33 bits per heavy atom. The summed E-state index contributed by atoms with van der Waals surface area (Å²) in [6, 6.07) is 0. The molecule has 1 heterocycles. The molecule has 6 heteroatoms. The largest absolute Gasteiger partial charge is 0.466 e. The van der Waals surface area contributed by atoms with E-state index in [9.17, 15) is 9.59 Å². The second kappa shape index (κ2) is 5.56. The van der Waals surface area contributed by atoms with E-state index in [0.717, 1.165) is 0 Å². The molecule has 1 saturated heterocycles. The first-order chi connectivity index (χ1) is 8.26. The van der Waals surface area contributed by atoms with Crippen LogP contribution in [0.2, 0.25) is 0 Å². The fourth-order valence-corrected chi connectivity index (χ4v) is 1.58. The maximum atomic E-state index is 11.7. The molecular formula is C12H21NO5. The highest BCUT2D eigenvalue weighted by molar-refractivity contribution is 5.74. The molecule has 0 spiro atoms. The van der Waals surface area contributed by atoms with Crippen LogP contribution in [0.4, 0.5) is 4.79 Å². The molecule has 0 atom stereocenters. The Morgan fingerprint density at radius 2 is 1.94 bits per heavy atom. The predicted molar refractivity (Wildman–Crippen MR) is 64.2 cm³/mol. The van der Waals surface area contributed by atoms with E-state index in [4.69, 9.17) is 14.2 Å². The van der Waals surface area contributed by atoms with Crippen LogP contribution in [0.5, 0.6) is 0 Å². The second-order valence-corrected chi connectivity index (χ2v) is 5.38. The van der Waals surface area contributed by atoms with Gasteiger partial charge in [0.2, 0.25) is 0 Å². The Hall–Kier alpha value is -1.30. The van der Waals surface area contributed by atoms with Crippen molar-refractivity contribution in [2.45, 2.75) is 45.3 Å². The summed E-state index contributed by atoms with van der Waals surface area (Å²) in [4.78, 5) is 23.1. The van der Waals surface area contributed by atoms with Crippen molar-refractivity contribution in [1.82, 2.24) is 5.32 Å². The fourth-order valence-electron chi connectivity index (χ4n) is 1.58. The number of alkyl carbamates (subject to hydrolysis) is 1. The minimum Gasteiger partial charge on any atom is -0.466 e. The van der Waals surface area contributed by atoms with Gasteiger partial charge in [0, 0.05) is 0 Å². The van der Waals surface area contributed by atoms with Gasteiger partial charge in [-0.3, -0.25) is 4.79 Å². The highest BCUT2D eigenvalue weighted by Gasteiger charge is 2.43. The van der Waals surface area contributed by atoms with Gasteiger partial charge in [-0.25, -0.2) is 4.79 Å². The van der Waals surface area contributed by atoms with E-state index >= 15 is 0 Å². The molecule has 0 radical (unpaired) electrons. The number of rotatable bonds is 4. The van der Waals surface area contributed by atoms with Gasteiger partial charge in [0.1, 0.15) is 11.1 Å². The van der Waals surface area contributed by atoms with Crippen LogP contribution < -0.4 is 5.32 Å². The Morgan fingerprint density at radius 3 is 2.33 bits per heavy atom. The van der Waals surface area contributed by atoms with E-state index in [1.54, 1.807) is 27.7 Å². The summed E-state index contributed by atoms with van der Waals surface area (Å²) in [5, 5.41) is 2.69. The van der Waals surface area contributed by atoms with Gasteiger partial charge in [-0.05, 0) is 27.7 Å². The van der Waals surface area contributed by atoms with E-state index < -0.39 is 17.2 Å². The SMILES string of the molecule is CCOC(=O)CC1(NC(=O)OC(C)(C)C)COC1. The molecule has 0 bridgehead atoms. The van der Waals surface area contributed by atoms with E-state index in [1.807, 2.05) is 0 Å². The number of amides is 1. The third kappa shape index (κ3) is 4.52. The minimum atomic E-state index is -0.686. The van der Waals surface area contributed by atoms with Gasteiger partial charge in [0.05, 0.1) is 26.2 Å². The Labute approximate surface area is 107 Å². The van der Waals surface area contributed by atoms with E-state index in [2.05, 4.69) is 5.32 Å². The normalized spacial score (nSPS) is 17.6. The molecule has 1 amide bonds. The smallest absolute Gasteiger partial charge is 0.408 e.